The van der Waals surface area contributed by atoms with E-state index in [4.69, 9.17) is 9.84 Å². The number of nitrogens with one attached hydrogen (secondary N) is 1. The summed E-state index contributed by atoms with van der Waals surface area (Å²) in [6.07, 6.45) is 0.820. The Morgan fingerprint density at radius 1 is 1.33 bits per heavy atom. The van der Waals surface area contributed by atoms with Crippen LogP contribution in [0.25, 0.3) is 0 Å². The molecule has 0 heterocycles. The van der Waals surface area contributed by atoms with Gasteiger partial charge in [-0.2, -0.15) is 0 Å². The molecule has 0 bridgehead atoms. The summed E-state index contributed by atoms with van der Waals surface area (Å²) < 4.78 is 5.50. The maximum Gasteiger partial charge on any atom is 0.251 e. The molecular weight excluding hydrogens is 230 g/mol. The molecule has 2 N–H and O–H groups in total. The van der Waals surface area contributed by atoms with Gasteiger partial charge in [-0.1, -0.05) is 6.92 Å². The van der Waals surface area contributed by atoms with Gasteiger partial charge in [-0.3, -0.25) is 4.79 Å². The summed E-state index contributed by atoms with van der Waals surface area (Å²) in [7, 11) is 0. The molecule has 0 aliphatic carbocycles. The minimum absolute atomic E-state index is 0.0449. The van der Waals surface area contributed by atoms with E-state index < -0.39 is 0 Å². The number of amides is 1. The van der Waals surface area contributed by atoms with Gasteiger partial charge < -0.3 is 15.2 Å². The first-order valence-electron chi connectivity index (χ1n) is 6.25. The van der Waals surface area contributed by atoms with Crippen molar-refractivity contribution in [2.45, 2.75) is 39.3 Å². The maximum absolute atomic E-state index is 11.8. The standard InChI is InChI=1S/C14H21NO3/c1-4-12(9-16)15-14(17)11-5-7-13(8-6-11)18-10(2)3/h5-8,10,12,16H,4,9H2,1-3H3,(H,15,17)/t12-/m0/s1. The number of ether oxygens (including phenoxy) is 1. The van der Waals surface area contributed by atoms with Gasteiger partial charge in [-0.15, -0.1) is 0 Å². The van der Waals surface area contributed by atoms with Gasteiger partial charge in [0.05, 0.1) is 18.8 Å². The van der Waals surface area contributed by atoms with Crippen molar-refractivity contribution in [1.82, 2.24) is 5.32 Å². The van der Waals surface area contributed by atoms with Gasteiger partial charge in [-0.25, -0.2) is 0 Å². The molecule has 1 rings (SSSR count). The lowest BCUT2D eigenvalue weighted by molar-refractivity contribution is 0.0915. The van der Waals surface area contributed by atoms with Crippen LogP contribution in [0.2, 0.25) is 0 Å². The fraction of sp³-hybridized carbons (Fsp3) is 0.500. The second-order valence-corrected chi connectivity index (χ2v) is 4.45. The van der Waals surface area contributed by atoms with E-state index in [0.29, 0.717) is 12.0 Å². The third kappa shape index (κ3) is 4.37. The Kier molecular flexibility index (Phi) is 5.65. The molecule has 1 atom stereocenters. The molecule has 0 aliphatic heterocycles. The molecule has 0 fully saturated rings. The molecule has 4 heteroatoms. The van der Waals surface area contributed by atoms with Crippen LogP contribution in [-0.4, -0.2) is 29.8 Å². The van der Waals surface area contributed by atoms with Crippen LogP contribution in [0, 0.1) is 0 Å². The van der Waals surface area contributed by atoms with Crippen LogP contribution < -0.4 is 10.1 Å². The second-order valence-electron chi connectivity index (χ2n) is 4.45. The van der Waals surface area contributed by atoms with Gasteiger partial charge in [0.25, 0.3) is 5.91 Å². The number of hydrogen-bond acceptors (Lipinski definition) is 3. The zero-order valence-electron chi connectivity index (χ0n) is 11.1. The Morgan fingerprint density at radius 2 is 1.94 bits per heavy atom. The SMILES string of the molecule is CC[C@@H](CO)NC(=O)c1ccc(OC(C)C)cc1. The van der Waals surface area contributed by atoms with Crippen LogP contribution in [0.5, 0.6) is 5.75 Å². The predicted molar refractivity (Wildman–Crippen MR) is 70.8 cm³/mol. The number of carbonyl (C=O) groups excluding carboxylic acids is 1. The van der Waals surface area contributed by atoms with Crippen molar-refractivity contribution in [3.8, 4) is 5.75 Å². The third-order valence-corrected chi connectivity index (χ3v) is 2.54. The molecule has 100 valence electrons. The monoisotopic (exact) mass is 251 g/mol. The zero-order valence-corrected chi connectivity index (χ0v) is 11.1. The van der Waals surface area contributed by atoms with E-state index in [1.54, 1.807) is 24.3 Å². The Bertz CT molecular complexity index is 369. The highest BCUT2D eigenvalue weighted by Gasteiger charge is 2.11. The van der Waals surface area contributed by atoms with Crippen LogP contribution in [-0.2, 0) is 0 Å². The van der Waals surface area contributed by atoms with Crippen molar-refractivity contribution in [2.75, 3.05) is 6.61 Å². The minimum Gasteiger partial charge on any atom is -0.491 e. The first-order valence-corrected chi connectivity index (χ1v) is 6.25. The summed E-state index contributed by atoms with van der Waals surface area (Å²) in [6.45, 7) is 5.78. The smallest absolute Gasteiger partial charge is 0.251 e. The van der Waals surface area contributed by atoms with E-state index in [1.807, 2.05) is 20.8 Å². The van der Waals surface area contributed by atoms with Crippen molar-refractivity contribution in [2.24, 2.45) is 0 Å². The maximum atomic E-state index is 11.8. The summed E-state index contributed by atoms with van der Waals surface area (Å²) in [6, 6.07) is 6.79. The number of benzene rings is 1. The van der Waals surface area contributed by atoms with E-state index >= 15 is 0 Å². The molecule has 0 aliphatic rings. The number of aliphatic hydroxyl groups excluding tert-OH is 1. The average molecular weight is 251 g/mol. The molecule has 0 radical (unpaired) electrons. The molecule has 1 aromatic rings. The topological polar surface area (TPSA) is 58.6 Å². The molecule has 0 saturated carbocycles. The van der Waals surface area contributed by atoms with Crippen LogP contribution in [0.15, 0.2) is 24.3 Å². The summed E-state index contributed by atoms with van der Waals surface area (Å²) in [5, 5.41) is 11.8. The molecule has 1 aromatic carbocycles. The highest BCUT2D eigenvalue weighted by molar-refractivity contribution is 5.94. The first kappa shape index (κ1) is 14.5. The fourth-order valence-corrected chi connectivity index (χ4v) is 1.50. The molecule has 0 aromatic heterocycles. The molecule has 18 heavy (non-hydrogen) atoms. The van der Waals surface area contributed by atoms with E-state index in [2.05, 4.69) is 5.32 Å². The van der Waals surface area contributed by atoms with Gasteiger partial charge >= 0.3 is 0 Å². The number of carbonyl (C=O) groups is 1. The number of rotatable bonds is 6. The van der Waals surface area contributed by atoms with E-state index in [9.17, 15) is 4.79 Å². The van der Waals surface area contributed by atoms with Crippen molar-refractivity contribution in [3.05, 3.63) is 29.8 Å². The van der Waals surface area contributed by atoms with E-state index in [0.717, 1.165) is 5.75 Å². The van der Waals surface area contributed by atoms with Gasteiger partial charge in [0.2, 0.25) is 0 Å². The third-order valence-electron chi connectivity index (χ3n) is 2.54. The van der Waals surface area contributed by atoms with Gasteiger partial charge in [0, 0.05) is 5.56 Å². The normalized spacial score (nSPS) is 12.3. The fourth-order valence-electron chi connectivity index (χ4n) is 1.50. The van der Waals surface area contributed by atoms with Crippen LogP contribution in [0.4, 0.5) is 0 Å². The Labute approximate surface area is 108 Å². The lowest BCUT2D eigenvalue weighted by atomic mass is 10.1. The first-order chi connectivity index (χ1) is 8.56. The van der Waals surface area contributed by atoms with Crippen LogP contribution in [0.3, 0.4) is 0 Å². The molecule has 1 amide bonds. The van der Waals surface area contributed by atoms with Crippen molar-refractivity contribution in [3.63, 3.8) is 0 Å². The molecule has 0 spiro atoms. The summed E-state index contributed by atoms with van der Waals surface area (Å²) in [5.41, 5.74) is 0.568. The lowest BCUT2D eigenvalue weighted by Gasteiger charge is -2.14. The van der Waals surface area contributed by atoms with Crippen molar-refractivity contribution < 1.29 is 14.6 Å². The van der Waals surface area contributed by atoms with Gasteiger partial charge in [0.15, 0.2) is 0 Å². The molecule has 0 saturated heterocycles. The van der Waals surface area contributed by atoms with Gasteiger partial charge in [-0.05, 0) is 44.5 Å². The summed E-state index contributed by atoms with van der Waals surface area (Å²) >= 11 is 0. The molecular formula is C14H21NO3. The van der Waals surface area contributed by atoms with E-state index in [-0.39, 0.29) is 24.7 Å². The Balaban J connectivity index is 2.64. The number of hydrogen-bond donors (Lipinski definition) is 2. The largest absolute Gasteiger partial charge is 0.491 e. The number of aliphatic hydroxyl groups is 1. The minimum atomic E-state index is -0.191. The average Bonchev–Trinajstić information content (AvgIpc) is 2.35. The lowest BCUT2D eigenvalue weighted by Crippen LogP contribution is -2.36. The predicted octanol–water partition coefficient (Wildman–Crippen LogP) is 1.97. The molecule has 4 nitrogen and oxygen atoms in total. The van der Waals surface area contributed by atoms with E-state index in [1.165, 1.54) is 0 Å². The van der Waals surface area contributed by atoms with Crippen molar-refractivity contribution in [1.29, 1.82) is 0 Å². The van der Waals surface area contributed by atoms with Crippen LogP contribution >= 0.6 is 0 Å². The second kappa shape index (κ2) is 7.01. The Hall–Kier alpha value is -1.55. The summed E-state index contributed by atoms with van der Waals surface area (Å²) in [4.78, 5) is 11.8. The van der Waals surface area contributed by atoms with Crippen molar-refractivity contribution >= 4 is 5.91 Å². The zero-order chi connectivity index (χ0) is 13.5. The highest BCUT2D eigenvalue weighted by atomic mass is 16.5. The van der Waals surface area contributed by atoms with Crippen LogP contribution in [0.1, 0.15) is 37.6 Å². The van der Waals surface area contributed by atoms with Gasteiger partial charge in [0.1, 0.15) is 5.75 Å². The quantitative estimate of drug-likeness (QED) is 0.812. The molecule has 0 unspecified atom stereocenters. The Morgan fingerprint density at radius 3 is 2.39 bits per heavy atom. The summed E-state index contributed by atoms with van der Waals surface area (Å²) in [5.74, 6) is 0.572. The highest BCUT2D eigenvalue weighted by Crippen LogP contribution is 2.13.